The van der Waals surface area contributed by atoms with E-state index in [1.165, 1.54) is 372 Å². The Labute approximate surface area is 589 Å². The van der Waals surface area contributed by atoms with Crippen LogP contribution in [0.5, 0.6) is 0 Å². The molecule has 6 N–H and O–H groups in total. The maximum Gasteiger partial charge on any atom is 0.305 e. The lowest BCUT2D eigenvalue weighted by Crippen LogP contribution is -2.60. The Hall–Kier alpha value is -1.60. The summed E-state index contributed by atoms with van der Waals surface area (Å²) in [5.41, 5.74) is 0. The van der Waals surface area contributed by atoms with Crippen LogP contribution in [0, 0.1) is 0 Å². The van der Waals surface area contributed by atoms with Gasteiger partial charge >= 0.3 is 5.97 Å². The number of hydrogen-bond donors (Lipinski definition) is 6. The summed E-state index contributed by atoms with van der Waals surface area (Å²) in [7, 11) is 0. The zero-order chi connectivity index (χ0) is 68.6. The normalized spacial score (nSPS) is 17.3. The molecule has 1 heterocycles. The first-order valence-electron chi connectivity index (χ1n) is 42.5. The van der Waals surface area contributed by atoms with Crippen LogP contribution in [0.25, 0.3) is 0 Å². The molecule has 7 atom stereocenters. The predicted octanol–water partition coefficient (Wildman–Crippen LogP) is 23.3. The van der Waals surface area contributed by atoms with Gasteiger partial charge in [-0.2, -0.15) is 0 Å². The van der Waals surface area contributed by atoms with Crippen molar-refractivity contribution in [1.82, 2.24) is 5.32 Å². The molecule has 0 aromatic heterocycles. The Bertz CT molecular complexity index is 1580. The summed E-state index contributed by atoms with van der Waals surface area (Å²) in [6.07, 6.45) is 84.1. The van der Waals surface area contributed by atoms with E-state index >= 15 is 0 Å². The van der Waals surface area contributed by atoms with E-state index in [0.717, 1.165) is 51.4 Å². The second kappa shape index (κ2) is 73.6. The van der Waals surface area contributed by atoms with Crippen LogP contribution >= 0.6 is 0 Å². The van der Waals surface area contributed by atoms with Gasteiger partial charge in [-0.25, -0.2) is 0 Å². The molecular formula is C84H163NO10. The van der Waals surface area contributed by atoms with Crippen molar-refractivity contribution < 1.29 is 49.3 Å². The van der Waals surface area contributed by atoms with Gasteiger partial charge in [-0.3, -0.25) is 9.59 Å². The number of amides is 1. The highest BCUT2D eigenvalue weighted by molar-refractivity contribution is 5.76. The molecule has 7 unspecified atom stereocenters. The average molecular weight is 1350 g/mol. The molecule has 1 saturated heterocycles. The van der Waals surface area contributed by atoms with Crippen LogP contribution in [-0.2, 0) is 23.8 Å². The van der Waals surface area contributed by atoms with Gasteiger partial charge in [0, 0.05) is 12.8 Å². The number of rotatable bonds is 77. The van der Waals surface area contributed by atoms with Gasteiger partial charge in [0.15, 0.2) is 6.29 Å². The maximum atomic E-state index is 13.1. The van der Waals surface area contributed by atoms with Crippen LogP contribution in [0.2, 0.25) is 0 Å². The van der Waals surface area contributed by atoms with Gasteiger partial charge in [0.05, 0.1) is 32.0 Å². The molecule has 11 nitrogen and oxygen atoms in total. The fourth-order valence-corrected chi connectivity index (χ4v) is 14.0. The van der Waals surface area contributed by atoms with E-state index < -0.39 is 49.5 Å². The third-order valence-electron chi connectivity index (χ3n) is 20.7. The van der Waals surface area contributed by atoms with E-state index in [4.69, 9.17) is 14.2 Å². The minimum atomic E-state index is -1.57. The first-order valence-corrected chi connectivity index (χ1v) is 42.5. The van der Waals surface area contributed by atoms with Crippen LogP contribution in [-0.4, -0.2) is 100 Å². The van der Waals surface area contributed by atoms with Crippen molar-refractivity contribution in [3.8, 4) is 0 Å². The molecule has 564 valence electrons. The molecule has 0 aromatic rings. The van der Waals surface area contributed by atoms with Crippen LogP contribution < -0.4 is 5.32 Å². The molecule has 11 heteroatoms. The van der Waals surface area contributed by atoms with Crippen LogP contribution in [0.1, 0.15) is 450 Å². The van der Waals surface area contributed by atoms with E-state index in [1.807, 2.05) is 6.08 Å². The molecule has 0 radical (unpaired) electrons. The summed E-state index contributed by atoms with van der Waals surface area (Å²) in [6, 6.07) is -0.805. The average Bonchev–Trinajstić information content (AvgIpc) is 0.841. The quantitative estimate of drug-likeness (QED) is 0.0195. The van der Waals surface area contributed by atoms with Gasteiger partial charge < -0.3 is 45.1 Å². The number of aliphatic hydroxyl groups excluding tert-OH is 5. The van der Waals surface area contributed by atoms with Gasteiger partial charge in [-0.05, 0) is 32.1 Å². The third-order valence-corrected chi connectivity index (χ3v) is 20.7. The molecule has 1 rings (SSSR count). The summed E-state index contributed by atoms with van der Waals surface area (Å²) < 4.78 is 16.8. The van der Waals surface area contributed by atoms with Crippen molar-refractivity contribution in [1.29, 1.82) is 0 Å². The SMILES string of the molecule is CCCCCCCCCCCCC/C=C/C(O)C(COC1OC(CO)C(O)C(O)C1O)NC(=O)CCCCCCCCCCCCCCCCCCCCCCCCCCCCCCCCCCCCCCCCCOC(=O)CCCCCCCCCCCCCCCCC. The zero-order valence-corrected chi connectivity index (χ0v) is 63.2. The molecule has 0 spiro atoms. The van der Waals surface area contributed by atoms with Gasteiger partial charge in [0.2, 0.25) is 5.91 Å². The summed E-state index contributed by atoms with van der Waals surface area (Å²) in [5, 5.41) is 54.6. The first-order chi connectivity index (χ1) is 46.7. The summed E-state index contributed by atoms with van der Waals surface area (Å²) in [6.45, 7) is 4.42. The van der Waals surface area contributed by atoms with Crippen LogP contribution in [0.15, 0.2) is 12.2 Å². The Morgan fingerprint density at radius 2 is 0.663 bits per heavy atom. The Kier molecular flexibility index (Phi) is 70.8. The number of carbonyl (C=O) groups excluding carboxylic acids is 2. The van der Waals surface area contributed by atoms with Gasteiger partial charge in [-0.1, -0.05) is 418 Å². The van der Waals surface area contributed by atoms with E-state index in [-0.39, 0.29) is 18.5 Å². The zero-order valence-electron chi connectivity index (χ0n) is 63.2. The Balaban J connectivity index is 1.86. The molecule has 95 heavy (non-hydrogen) atoms. The maximum absolute atomic E-state index is 13.1. The number of esters is 1. The summed E-state index contributed by atoms with van der Waals surface area (Å²) in [4.78, 5) is 25.2. The Morgan fingerprint density at radius 1 is 0.379 bits per heavy atom. The fourth-order valence-electron chi connectivity index (χ4n) is 14.0. The lowest BCUT2D eigenvalue weighted by atomic mass is 9.99. The monoisotopic (exact) mass is 1350 g/mol. The number of nitrogens with one attached hydrogen (secondary N) is 1. The molecule has 1 fully saturated rings. The molecule has 0 aliphatic carbocycles. The summed E-state index contributed by atoms with van der Waals surface area (Å²) >= 11 is 0. The minimum absolute atomic E-state index is 0.0225. The molecule has 1 amide bonds. The number of allylic oxidation sites excluding steroid dienone is 1. The molecule has 1 aliphatic heterocycles. The lowest BCUT2D eigenvalue weighted by Gasteiger charge is -2.40. The molecule has 0 bridgehead atoms. The highest BCUT2D eigenvalue weighted by Crippen LogP contribution is 2.24. The van der Waals surface area contributed by atoms with Crippen LogP contribution in [0.4, 0.5) is 0 Å². The smallest absolute Gasteiger partial charge is 0.305 e. The molecule has 0 aromatic carbocycles. The lowest BCUT2D eigenvalue weighted by molar-refractivity contribution is -0.302. The van der Waals surface area contributed by atoms with Gasteiger partial charge in [-0.15, -0.1) is 0 Å². The molecular weight excluding hydrogens is 1180 g/mol. The highest BCUT2D eigenvalue weighted by Gasteiger charge is 2.44. The molecule has 0 saturated carbocycles. The largest absolute Gasteiger partial charge is 0.466 e. The second-order valence-corrected chi connectivity index (χ2v) is 29.9. The number of ether oxygens (including phenoxy) is 3. The number of aliphatic hydroxyl groups is 5. The summed E-state index contributed by atoms with van der Waals surface area (Å²) in [5.74, 6) is -0.150. The third kappa shape index (κ3) is 62.0. The fraction of sp³-hybridized carbons (Fsp3) is 0.952. The standard InChI is InChI=1S/C84H163NO10/c1-3-5-7-9-11-13-15-17-43-48-52-56-60-64-68-72-80(89)93-73-69-65-61-57-53-49-45-42-40-38-36-34-32-30-28-26-24-22-20-18-19-21-23-25-27-29-31-33-35-37-39-41-44-47-51-55-59-63-67-71-79(88)85-76(75-94-84-83(92)82(91)81(90)78(74-86)95-84)77(87)70-66-62-58-54-50-46-16-14-12-10-8-6-4-2/h66,70,76-78,81-84,86-87,90-92H,3-65,67-69,71-75H2,1-2H3,(H,85,88)/b70-66+. The van der Waals surface area contributed by atoms with Crippen molar-refractivity contribution in [2.75, 3.05) is 19.8 Å². The van der Waals surface area contributed by atoms with Crippen LogP contribution in [0.3, 0.4) is 0 Å². The highest BCUT2D eigenvalue weighted by atomic mass is 16.7. The predicted molar refractivity (Wildman–Crippen MR) is 403 cm³/mol. The van der Waals surface area contributed by atoms with Crippen molar-refractivity contribution in [2.45, 2.75) is 493 Å². The van der Waals surface area contributed by atoms with E-state index in [2.05, 4.69) is 19.2 Å². The van der Waals surface area contributed by atoms with E-state index in [0.29, 0.717) is 19.4 Å². The van der Waals surface area contributed by atoms with E-state index in [9.17, 15) is 35.1 Å². The topological polar surface area (TPSA) is 175 Å². The van der Waals surface area contributed by atoms with Gasteiger partial charge in [0.25, 0.3) is 0 Å². The van der Waals surface area contributed by atoms with Crippen molar-refractivity contribution in [2.24, 2.45) is 0 Å². The number of carbonyl (C=O) groups is 2. The number of hydrogen-bond acceptors (Lipinski definition) is 10. The van der Waals surface area contributed by atoms with Crippen molar-refractivity contribution in [3.05, 3.63) is 12.2 Å². The van der Waals surface area contributed by atoms with E-state index in [1.54, 1.807) is 6.08 Å². The van der Waals surface area contributed by atoms with Crippen molar-refractivity contribution in [3.63, 3.8) is 0 Å². The molecule has 1 aliphatic rings. The minimum Gasteiger partial charge on any atom is -0.466 e. The number of unbranched alkanes of at least 4 members (excludes halogenated alkanes) is 63. The first kappa shape index (κ1) is 91.4. The van der Waals surface area contributed by atoms with Gasteiger partial charge in [0.1, 0.15) is 24.4 Å². The second-order valence-electron chi connectivity index (χ2n) is 29.9. The van der Waals surface area contributed by atoms with Crippen molar-refractivity contribution >= 4 is 11.9 Å². The Morgan fingerprint density at radius 3 is 0.979 bits per heavy atom.